The second kappa shape index (κ2) is 15.5. The number of benzene rings is 1. The van der Waals surface area contributed by atoms with Gasteiger partial charge in [0.1, 0.15) is 6.61 Å². The number of rotatable bonds is 19. The van der Waals surface area contributed by atoms with Crippen LogP contribution in [0.2, 0.25) is 0 Å². The first-order chi connectivity index (χ1) is 15.3. The monoisotopic (exact) mass is 437 g/mol. The minimum Gasteiger partial charge on any atom is -0.499 e. The zero-order valence-electron chi connectivity index (χ0n) is 17.8. The minimum absolute atomic E-state index is 0.225. The maximum atomic E-state index is 12.2. The van der Waals surface area contributed by atoms with E-state index in [4.69, 9.17) is 28.4 Å². The Balaban J connectivity index is 1.34. The van der Waals surface area contributed by atoms with Gasteiger partial charge < -0.3 is 28.4 Å². The molecule has 2 rings (SSSR count). The van der Waals surface area contributed by atoms with Gasteiger partial charge in [-0.3, -0.25) is 14.5 Å². The summed E-state index contributed by atoms with van der Waals surface area (Å²) in [5, 5.41) is 0. The van der Waals surface area contributed by atoms with Crippen LogP contribution < -0.4 is 0 Å². The third-order valence-electron chi connectivity index (χ3n) is 4.29. The smallest absolute Gasteiger partial charge is 0.261 e. The van der Waals surface area contributed by atoms with Crippen LogP contribution in [0.1, 0.15) is 20.7 Å². The van der Waals surface area contributed by atoms with Crippen molar-refractivity contribution >= 4 is 11.8 Å². The number of imide groups is 1. The van der Waals surface area contributed by atoms with Gasteiger partial charge in [-0.1, -0.05) is 18.7 Å². The van der Waals surface area contributed by atoms with E-state index in [1.807, 2.05) is 0 Å². The van der Waals surface area contributed by atoms with Crippen LogP contribution in [0.4, 0.5) is 0 Å². The number of carbonyl (C=O) groups excluding carboxylic acids is 2. The zero-order chi connectivity index (χ0) is 22.2. The largest absolute Gasteiger partial charge is 0.499 e. The van der Waals surface area contributed by atoms with Gasteiger partial charge in [-0.15, -0.1) is 0 Å². The molecule has 0 aromatic heterocycles. The lowest BCUT2D eigenvalue weighted by atomic mass is 10.1. The maximum absolute atomic E-state index is 12.2. The molecule has 1 heterocycles. The number of hydrogen-bond donors (Lipinski definition) is 0. The fraction of sp³-hybridized carbons (Fsp3) is 0.545. The van der Waals surface area contributed by atoms with E-state index in [1.54, 1.807) is 24.3 Å². The molecule has 0 radical (unpaired) electrons. The fourth-order valence-corrected chi connectivity index (χ4v) is 2.77. The molecular weight excluding hydrogens is 406 g/mol. The lowest BCUT2D eigenvalue weighted by Gasteiger charge is -2.13. The zero-order valence-corrected chi connectivity index (χ0v) is 17.8. The predicted molar refractivity (Wildman–Crippen MR) is 112 cm³/mol. The van der Waals surface area contributed by atoms with E-state index in [9.17, 15) is 9.59 Å². The molecule has 0 fully saturated rings. The molecule has 1 aromatic carbocycles. The Morgan fingerprint density at radius 3 is 1.45 bits per heavy atom. The summed E-state index contributed by atoms with van der Waals surface area (Å²) in [7, 11) is 0. The molecule has 1 aromatic rings. The number of fused-ring (bicyclic) bond motifs is 1. The molecule has 0 N–H and O–H groups in total. The Kier molecular flexibility index (Phi) is 12.5. The summed E-state index contributed by atoms with van der Waals surface area (Å²) in [5.74, 6) is -0.542. The van der Waals surface area contributed by atoms with Gasteiger partial charge in [0.25, 0.3) is 11.8 Å². The molecule has 0 atom stereocenters. The third kappa shape index (κ3) is 9.16. The Morgan fingerprint density at radius 2 is 1.03 bits per heavy atom. The predicted octanol–water partition coefficient (Wildman–Crippen LogP) is 1.53. The van der Waals surface area contributed by atoms with Gasteiger partial charge in [-0.05, 0) is 12.1 Å². The number of nitrogens with zero attached hydrogens (tertiary/aromatic N) is 1. The lowest BCUT2D eigenvalue weighted by molar-refractivity contribution is -0.0142. The molecule has 0 saturated heterocycles. The van der Waals surface area contributed by atoms with Crippen molar-refractivity contribution in [2.75, 3.05) is 79.2 Å². The standard InChI is InChI=1S/C22H31NO8/c1-2-26-9-10-28-13-14-30-17-18-31-16-15-29-12-11-27-8-7-23-21(24)19-5-3-4-6-20(19)22(23)25/h2-6H,1,7-18H2. The number of amides is 2. The molecule has 31 heavy (non-hydrogen) atoms. The molecule has 0 aliphatic carbocycles. The topological polar surface area (TPSA) is 92.8 Å². The van der Waals surface area contributed by atoms with Crippen molar-refractivity contribution in [2.24, 2.45) is 0 Å². The van der Waals surface area contributed by atoms with Crippen LogP contribution in [0.5, 0.6) is 0 Å². The van der Waals surface area contributed by atoms with Crippen LogP contribution in [0, 0.1) is 0 Å². The molecule has 172 valence electrons. The van der Waals surface area contributed by atoms with Crippen molar-refractivity contribution in [2.45, 2.75) is 0 Å². The molecular formula is C22H31NO8. The van der Waals surface area contributed by atoms with E-state index in [1.165, 1.54) is 11.2 Å². The van der Waals surface area contributed by atoms with E-state index < -0.39 is 0 Å². The third-order valence-corrected chi connectivity index (χ3v) is 4.29. The first-order valence-electron chi connectivity index (χ1n) is 10.3. The SMILES string of the molecule is C=COCCOCCOCCOCCOCCOCCN1C(=O)c2ccccc2C1=O. The molecule has 0 unspecified atom stereocenters. The second-order valence-corrected chi connectivity index (χ2v) is 6.41. The van der Waals surface area contributed by atoms with Gasteiger partial charge >= 0.3 is 0 Å². The highest BCUT2D eigenvalue weighted by Crippen LogP contribution is 2.21. The van der Waals surface area contributed by atoms with Gasteiger partial charge in [0.15, 0.2) is 0 Å². The lowest BCUT2D eigenvalue weighted by Crippen LogP contribution is -2.33. The Bertz CT molecular complexity index is 646. The summed E-state index contributed by atoms with van der Waals surface area (Å²) in [6.45, 7) is 8.64. The molecule has 9 nitrogen and oxygen atoms in total. The van der Waals surface area contributed by atoms with Gasteiger partial charge in [-0.25, -0.2) is 0 Å². The van der Waals surface area contributed by atoms with Gasteiger partial charge in [0.2, 0.25) is 0 Å². The molecule has 2 amide bonds. The van der Waals surface area contributed by atoms with Crippen LogP contribution in [0.3, 0.4) is 0 Å². The minimum atomic E-state index is -0.271. The van der Waals surface area contributed by atoms with Gasteiger partial charge in [-0.2, -0.15) is 0 Å². The number of ether oxygens (including phenoxy) is 6. The highest BCUT2D eigenvalue weighted by atomic mass is 16.6. The highest BCUT2D eigenvalue weighted by molar-refractivity contribution is 6.21. The van der Waals surface area contributed by atoms with E-state index in [0.717, 1.165) is 0 Å². The molecule has 1 aliphatic rings. The maximum Gasteiger partial charge on any atom is 0.261 e. The summed E-state index contributed by atoms with van der Waals surface area (Å²) in [5.41, 5.74) is 0.896. The number of carbonyl (C=O) groups is 2. The van der Waals surface area contributed by atoms with Crippen molar-refractivity contribution in [3.05, 3.63) is 48.2 Å². The quantitative estimate of drug-likeness (QED) is 0.183. The van der Waals surface area contributed by atoms with E-state index in [2.05, 4.69) is 6.58 Å². The van der Waals surface area contributed by atoms with Crippen molar-refractivity contribution in [1.29, 1.82) is 0 Å². The van der Waals surface area contributed by atoms with E-state index in [0.29, 0.717) is 77.2 Å². The van der Waals surface area contributed by atoms with Crippen LogP contribution in [0.25, 0.3) is 0 Å². The van der Waals surface area contributed by atoms with Crippen LogP contribution in [0.15, 0.2) is 37.1 Å². The second-order valence-electron chi connectivity index (χ2n) is 6.41. The molecule has 0 spiro atoms. The first-order valence-corrected chi connectivity index (χ1v) is 10.3. The van der Waals surface area contributed by atoms with E-state index >= 15 is 0 Å². The van der Waals surface area contributed by atoms with Gasteiger partial charge in [0, 0.05) is 0 Å². The summed E-state index contributed by atoms with van der Waals surface area (Å²) >= 11 is 0. The van der Waals surface area contributed by atoms with Crippen molar-refractivity contribution in [1.82, 2.24) is 4.90 Å². The number of hydrogen-bond acceptors (Lipinski definition) is 8. The first kappa shape index (κ1) is 25.0. The van der Waals surface area contributed by atoms with E-state index in [-0.39, 0.29) is 25.0 Å². The highest BCUT2D eigenvalue weighted by Gasteiger charge is 2.34. The normalized spacial score (nSPS) is 13.0. The average Bonchev–Trinajstić information content (AvgIpc) is 3.03. The fourth-order valence-electron chi connectivity index (χ4n) is 2.77. The van der Waals surface area contributed by atoms with Crippen LogP contribution in [-0.4, -0.2) is 95.9 Å². The summed E-state index contributed by atoms with van der Waals surface area (Å²) in [6, 6.07) is 6.82. The van der Waals surface area contributed by atoms with Crippen LogP contribution in [-0.2, 0) is 28.4 Å². The van der Waals surface area contributed by atoms with Gasteiger partial charge in [0.05, 0.1) is 90.0 Å². The summed E-state index contributed by atoms with van der Waals surface area (Å²) < 4.78 is 31.8. The molecule has 0 bridgehead atoms. The summed E-state index contributed by atoms with van der Waals surface area (Å²) in [6.07, 6.45) is 1.38. The average molecular weight is 437 g/mol. The molecule has 0 saturated carbocycles. The Morgan fingerprint density at radius 1 is 0.645 bits per heavy atom. The molecule has 9 heteroatoms. The Labute approximate surface area is 182 Å². The van der Waals surface area contributed by atoms with Crippen molar-refractivity contribution in [3.63, 3.8) is 0 Å². The summed E-state index contributed by atoms with van der Waals surface area (Å²) in [4.78, 5) is 25.6. The molecule has 1 aliphatic heterocycles. The Hall–Kier alpha value is -2.30. The van der Waals surface area contributed by atoms with Crippen LogP contribution >= 0.6 is 0 Å². The van der Waals surface area contributed by atoms with Crippen molar-refractivity contribution in [3.8, 4) is 0 Å². The van der Waals surface area contributed by atoms with Crippen molar-refractivity contribution < 1.29 is 38.0 Å².